The molecule has 0 fully saturated rings. The van der Waals surface area contributed by atoms with Gasteiger partial charge in [-0.15, -0.1) is 11.3 Å². The summed E-state index contributed by atoms with van der Waals surface area (Å²) < 4.78 is 26.5. The number of thiazole rings is 1. The van der Waals surface area contributed by atoms with E-state index in [1.165, 1.54) is 36.6 Å². The molecule has 0 aliphatic heterocycles. The summed E-state index contributed by atoms with van der Waals surface area (Å²) in [7, 11) is -3.82. The number of hydrogen-bond donors (Lipinski definition) is 1. The predicted molar refractivity (Wildman–Crippen MR) is 74.1 cm³/mol. The van der Waals surface area contributed by atoms with E-state index in [4.69, 9.17) is 5.26 Å². The number of rotatable bonds is 4. The monoisotopic (exact) mass is 307 g/mol. The van der Waals surface area contributed by atoms with Crippen LogP contribution in [-0.4, -0.2) is 19.2 Å². The van der Waals surface area contributed by atoms with E-state index in [0.717, 1.165) is 11.3 Å². The molecule has 8 heteroatoms. The van der Waals surface area contributed by atoms with Crippen LogP contribution in [0.4, 0.5) is 5.13 Å². The van der Waals surface area contributed by atoms with Crippen LogP contribution in [0.1, 0.15) is 23.0 Å². The Hall–Kier alpha value is -2.24. The summed E-state index contributed by atoms with van der Waals surface area (Å²) >= 11 is 1.02. The first-order valence-corrected chi connectivity index (χ1v) is 7.78. The maximum Gasteiger partial charge on any atom is 0.263 e. The molecule has 0 radical (unpaired) electrons. The van der Waals surface area contributed by atoms with Crippen molar-refractivity contribution in [3.05, 3.63) is 40.9 Å². The Morgan fingerprint density at radius 3 is 2.80 bits per heavy atom. The Bertz CT molecular complexity index is 803. The van der Waals surface area contributed by atoms with Gasteiger partial charge >= 0.3 is 0 Å². The molecule has 1 heterocycles. The van der Waals surface area contributed by atoms with Crippen LogP contribution in [0, 0.1) is 11.3 Å². The number of nitrogens with one attached hydrogen (secondary N) is 1. The number of ketones is 1. The van der Waals surface area contributed by atoms with Gasteiger partial charge in [0.2, 0.25) is 0 Å². The normalized spacial score (nSPS) is 10.8. The molecule has 0 bridgehead atoms. The number of nitriles is 1. The van der Waals surface area contributed by atoms with Gasteiger partial charge in [0.25, 0.3) is 10.0 Å². The number of Topliss-reactive ketones (excluding diaryl/α,β-unsaturated/α-hetero) is 1. The largest absolute Gasteiger partial charge is 0.293 e. The lowest BCUT2D eigenvalue weighted by Crippen LogP contribution is -2.13. The van der Waals surface area contributed by atoms with Crippen molar-refractivity contribution in [2.45, 2.75) is 11.8 Å². The smallest absolute Gasteiger partial charge is 0.263 e. The van der Waals surface area contributed by atoms with Crippen molar-refractivity contribution >= 4 is 32.3 Å². The number of benzene rings is 1. The van der Waals surface area contributed by atoms with Crippen LogP contribution in [-0.2, 0) is 10.0 Å². The van der Waals surface area contributed by atoms with E-state index in [1.54, 1.807) is 0 Å². The Kier molecular flexibility index (Phi) is 3.83. The summed E-state index contributed by atoms with van der Waals surface area (Å²) in [6.45, 7) is 1.35. The van der Waals surface area contributed by atoms with Gasteiger partial charge in [0.05, 0.1) is 16.5 Å². The third-order valence-electron chi connectivity index (χ3n) is 2.36. The maximum absolute atomic E-state index is 12.1. The van der Waals surface area contributed by atoms with Gasteiger partial charge in [-0.1, -0.05) is 6.07 Å². The quantitative estimate of drug-likeness (QED) is 0.871. The Morgan fingerprint density at radius 2 is 2.20 bits per heavy atom. The molecule has 102 valence electrons. The van der Waals surface area contributed by atoms with Crippen molar-refractivity contribution < 1.29 is 13.2 Å². The van der Waals surface area contributed by atoms with Crippen molar-refractivity contribution in [2.24, 2.45) is 0 Å². The molecule has 0 spiro atoms. The minimum Gasteiger partial charge on any atom is -0.293 e. The van der Waals surface area contributed by atoms with Gasteiger partial charge in [-0.25, -0.2) is 13.4 Å². The molecular weight excluding hydrogens is 298 g/mol. The first-order valence-electron chi connectivity index (χ1n) is 5.42. The fourth-order valence-electron chi connectivity index (χ4n) is 1.39. The Labute approximate surface area is 119 Å². The molecule has 1 aromatic heterocycles. The van der Waals surface area contributed by atoms with Gasteiger partial charge in [0.1, 0.15) is 5.69 Å². The molecule has 0 saturated heterocycles. The lowest BCUT2D eigenvalue weighted by atomic mass is 10.2. The van der Waals surface area contributed by atoms with Crippen molar-refractivity contribution in [1.29, 1.82) is 5.26 Å². The standard InChI is InChI=1S/C12H9N3O3S2/c1-8(16)11-7-19-12(14-11)15-20(17,18)10-4-2-3-9(5-10)6-13/h2-5,7H,1H3,(H,14,15). The second kappa shape index (κ2) is 5.40. The highest BCUT2D eigenvalue weighted by Crippen LogP contribution is 2.20. The number of carbonyl (C=O) groups is 1. The molecule has 2 rings (SSSR count). The third-order valence-corrected chi connectivity index (χ3v) is 4.58. The fourth-order valence-corrected chi connectivity index (χ4v) is 3.44. The number of nitrogens with zero attached hydrogens (tertiary/aromatic N) is 2. The lowest BCUT2D eigenvalue weighted by molar-refractivity contribution is 0.101. The summed E-state index contributed by atoms with van der Waals surface area (Å²) in [5.74, 6) is -0.238. The van der Waals surface area contributed by atoms with E-state index in [2.05, 4.69) is 9.71 Å². The third kappa shape index (κ3) is 3.01. The molecule has 0 aliphatic rings. The molecule has 0 amide bonds. The summed E-state index contributed by atoms with van der Waals surface area (Å²) in [6, 6.07) is 7.51. The molecule has 6 nitrogen and oxygen atoms in total. The molecule has 1 aromatic carbocycles. The number of hydrogen-bond acceptors (Lipinski definition) is 6. The van der Waals surface area contributed by atoms with E-state index in [0.29, 0.717) is 0 Å². The zero-order valence-electron chi connectivity index (χ0n) is 10.3. The van der Waals surface area contributed by atoms with Gasteiger partial charge in [0, 0.05) is 12.3 Å². The van der Waals surface area contributed by atoms with Gasteiger partial charge < -0.3 is 0 Å². The number of anilines is 1. The summed E-state index contributed by atoms with van der Waals surface area (Å²) in [4.78, 5) is 15.0. The van der Waals surface area contributed by atoms with Crippen LogP contribution in [0.2, 0.25) is 0 Å². The van der Waals surface area contributed by atoms with Crippen LogP contribution in [0.25, 0.3) is 0 Å². The predicted octanol–water partition coefficient (Wildman–Crippen LogP) is 2.02. The average Bonchev–Trinajstić information content (AvgIpc) is 2.87. The highest BCUT2D eigenvalue weighted by Gasteiger charge is 2.17. The second-order valence-electron chi connectivity index (χ2n) is 3.84. The lowest BCUT2D eigenvalue weighted by Gasteiger charge is -2.04. The van der Waals surface area contributed by atoms with E-state index < -0.39 is 10.0 Å². The summed E-state index contributed by atoms with van der Waals surface area (Å²) in [5.41, 5.74) is 0.454. The highest BCUT2D eigenvalue weighted by molar-refractivity contribution is 7.93. The Morgan fingerprint density at radius 1 is 1.45 bits per heavy atom. The summed E-state index contributed by atoms with van der Waals surface area (Å²) in [6.07, 6.45) is 0. The number of carbonyl (C=O) groups excluding carboxylic acids is 1. The average molecular weight is 307 g/mol. The number of sulfonamides is 1. The van der Waals surface area contributed by atoms with Crippen LogP contribution >= 0.6 is 11.3 Å². The van der Waals surface area contributed by atoms with Crippen LogP contribution in [0.15, 0.2) is 34.5 Å². The second-order valence-corrected chi connectivity index (χ2v) is 6.38. The topological polar surface area (TPSA) is 99.9 Å². The maximum atomic E-state index is 12.1. The van der Waals surface area contributed by atoms with Crippen molar-refractivity contribution in [3.8, 4) is 6.07 Å². The van der Waals surface area contributed by atoms with E-state index in [1.807, 2.05) is 6.07 Å². The van der Waals surface area contributed by atoms with Crippen molar-refractivity contribution in [2.75, 3.05) is 4.72 Å². The molecule has 20 heavy (non-hydrogen) atoms. The first kappa shape index (κ1) is 14.2. The van der Waals surface area contributed by atoms with Crippen LogP contribution < -0.4 is 4.72 Å². The molecule has 0 aliphatic carbocycles. The number of aromatic nitrogens is 1. The van der Waals surface area contributed by atoms with Crippen LogP contribution in [0.5, 0.6) is 0 Å². The molecule has 0 saturated carbocycles. The van der Waals surface area contributed by atoms with Gasteiger partial charge in [0.15, 0.2) is 10.9 Å². The molecular formula is C12H9N3O3S2. The highest BCUT2D eigenvalue weighted by atomic mass is 32.2. The SMILES string of the molecule is CC(=O)c1csc(NS(=O)(=O)c2cccc(C#N)c2)n1. The van der Waals surface area contributed by atoms with E-state index in [-0.39, 0.29) is 27.1 Å². The van der Waals surface area contributed by atoms with Gasteiger partial charge in [-0.05, 0) is 18.2 Å². The van der Waals surface area contributed by atoms with E-state index in [9.17, 15) is 13.2 Å². The molecule has 0 atom stereocenters. The molecule has 1 N–H and O–H groups in total. The zero-order chi connectivity index (χ0) is 14.8. The van der Waals surface area contributed by atoms with E-state index >= 15 is 0 Å². The zero-order valence-corrected chi connectivity index (χ0v) is 12.0. The molecule has 2 aromatic rings. The van der Waals surface area contributed by atoms with Gasteiger partial charge in [-0.3, -0.25) is 9.52 Å². The Balaban J connectivity index is 2.30. The fraction of sp³-hybridized carbons (Fsp3) is 0.0833. The van der Waals surface area contributed by atoms with Gasteiger partial charge in [-0.2, -0.15) is 5.26 Å². The van der Waals surface area contributed by atoms with Crippen molar-refractivity contribution in [1.82, 2.24) is 4.98 Å². The minimum absolute atomic E-state index is 0.0314. The molecule has 0 unspecified atom stereocenters. The first-order chi connectivity index (χ1) is 9.42. The van der Waals surface area contributed by atoms with Crippen LogP contribution in [0.3, 0.4) is 0 Å². The van der Waals surface area contributed by atoms with Crippen molar-refractivity contribution in [3.63, 3.8) is 0 Å². The minimum atomic E-state index is -3.82. The summed E-state index contributed by atoms with van der Waals surface area (Å²) in [5, 5.41) is 10.4.